The van der Waals surface area contributed by atoms with Crippen LogP contribution in [0.3, 0.4) is 0 Å². The fourth-order valence-electron chi connectivity index (χ4n) is 3.48. The average Bonchev–Trinajstić information content (AvgIpc) is 3.16. The van der Waals surface area contributed by atoms with Crippen LogP contribution in [0.2, 0.25) is 0 Å². The number of nitrogens with zero attached hydrogens (tertiary/aromatic N) is 2. The van der Waals surface area contributed by atoms with Gasteiger partial charge in [0.25, 0.3) is 0 Å². The standard InChI is InChI=1S/C19H20N2S/c1-14-9-10-18(22-14)17-8-4-12-21(17)13-16-6-2-5-15-7-3-11-20-19(15)16/h2-3,5-7,9-11,17H,4,8,12-13H2,1H3. The lowest BCUT2D eigenvalue weighted by Gasteiger charge is -2.24. The fourth-order valence-corrected chi connectivity index (χ4v) is 4.53. The van der Waals surface area contributed by atoms with E-state index in [-0.39, 0.29) is 0 Å². The number of hydrogen-bond acceptors (Lipinski definition) is 3. The van der Waals surface area contributed by atoms with Crippen molar-refractivity contribution in [3.8, 4) is 0 Å². The molecule has 1 aliphatic rings. The van der Waals surface area contributed by atoms with Crippen LogP contribution in [-0.4, -0.2) is 16.4 Å². The number of aryl methyl sites for hydroxylation is 1. The second kappa shape index (κ2) is 5.82. The van der Waals surface area contributed by atoms with E-state index in [1.807, 2.05) is 23.6 Å². The number of hydrogen-bond donors (Lipinski definition) is 0. The molecule has 3 heterocycles. The lowest BCUT2D eigenvalue weighted by molar-refractivity contribution is 0.252. The number of benzene rings is 1. The Morgan fingerprint density at radius 2 is 2.09 bits per heavy atom. The first kappa shape index (κ1) is 13.9. The second-order valence-electron chi connectivity index (χ2n) is 6.07. The molecule has 4 rings (SSSR count). The summed E-state index contributed by atoms with van der Waals surface area (Å²) in [4.78, 5) is 10.1. The number of para-hydroxylation sites is 1. The average molecular weight is 308 g/mol. The van der Waals surface area contributed by atoms with Gasteiger partial charge in [0.2, 0.25) is 0 Å². The fraction of sp³-hybridized carbons (Fsp3) is 0.316. The van der Waals surface area contributed by atoms with E-state index in [4.69, 9.17) is 0 Å². The summed E-state index contributed by atoms with van der Waals surface area (Å²) < 4.78 is 0. The highest BCUT2D eigenvalue weighted by Gasteiger charge is 2.27. The molecule has 1 saturated heterocycles. The summed E-state index contributed by atoms with van der Waals surface area (Å²) in [5, 5.41) is 1.24. The van der Waals surface area contributed by atoms with Gasteiger partial charge < -0.3 is 0 Å². The van der Waals surface area contributed by atoms with E-state index in [0.29, 0.717) is 6.04 Å². The van der Waals surface area contributed by atoms with E-state index in [1.165, 1.54) is 40.1 Å². The Hall–Kier alpha value is -1.71. The van der Waals surface area contributed by atoms with Crippen LogP contribution in [0.15, 0.2) is 48.7 Å². The van der Waals surface area contributed by atoms with Gasteiger partial charge in [-0.05, 0) is 50.1 Å². The normalized spacial score (nSPS) is 19.0. The predicted molar refractivity (Wildman–Crippen MR) is 93.2 cm³/mol. The van der Waals surface area contributed by atoms with Crippen LogP contribution in [0.25, 0.3) is 10.9 Å². The van der Waals surface area contributed by atoms with Crippen molar-refractivity contribution < 1.29 is 0 Å². The van der Waals surface area contributed by atoms with Crippen LogP contribution in [0.5, 0.6) is 0 Å². The molecule has 1 atom stereocenters. The summed E-state index contributed by atoms with van der Waals surface area (Å²) in [6, 6.07) is 15.8. The largest absolute Gasteiger partial charge is 0.291 e. The molecule has 22 heavy (non-hydrogen) atoms. The maximum Gasteiger partial charge on any atom is 0.0746 e. The minimum atomic E-state index is 0.581. The Labute approximate surface area is 135 Å². The minimum Gasteiger partial charge on any atom is -0.291 e. The third-order valence-corrected chi connectivity index (χ3v) is 5.64. The number of rotatable bonds is 3. The molecule has 1 unspecified atom stereocenters. The van der Waals surface area contributed by atoms with Gasteiger partial charge in [-0.3, -0.25) is 9.88 Å². The minimum absolute atomic E-state index is 0.581. The van der Waals surface area contributed by atoms with E-state index >= 15 is 0 Å². The van der Waals surface area contributed by atoms with Crippen molar-refractivity contribution in [3.63, 3.8) is 0 Å². The zero-order valence-electron chi connectivity index (χ0n) is 12.8. The Morgan fingerprint density at radius 3 is 2.95 bits per heavy atom. The smallest absolute Gasteiger partial charge is 0.0746 e. The van der Waals surface area contributed by atoms with Crippen LogP contribution >= 0.6 is 11.3 Å². The molecule has 112 valence electrons. The molecule has 0 radical (unpaired) electrons. The van der Waals surface area contributed by atoms with Crippen LogP contribution in [0, 0.1) is 6.92 Å². The van der Waals surface area contributed by atoms with Crippen LogP contribution in [0.1, 0.15) is 34.2 Å². The molecular formula is C19H20N2S. The number of pyridine rings is 1. The van der Waals surface area contributed by atoms with Gasteiger partial charge in [-0.15, -0.1) is 11.3 Å². The number of thiophene rings is 1. The Morgan fingerprint density at radius 1 is 1.18 bits per heavy atom. The number of likely N-dealkylation sites (tertiary alicyclic amines) is 1. The monoisotopic (exact) mass is 308 g/mol. The van der Waals surface area contributed by atoms with E-state index in [9.17, 15) is 0 Å². The molecule has 0 bridgehead atoms. The highest BCUT2D eigenvalue weighted by Crippen LogP contribution is 2.37. The van der Waals surface area contributed by atoms with Gasteiger partial charge in [0.1, 0.15) is 0 Å². The molecule has 0 spiro atoms. The first-order chi connectivity index (χ1) is 10.8. The summed E-state index contributed by atoms with van der Waals surface area (Å²) in [6.45, 7) is 4.38. The molecular weight excluding hydrogens is 288 g/mol. The van der Waals surface area contributed by atoms with Crippen molar-refractivity contribution in [1.29, 1.82) is 0 Å². The molecule has 1 fully saturated rings. The van der Waals surface area contributed by atoms with E-state index in [2.05, 4.69) is 53.2 Å². The molecule has 1 aliphatic heterocycles. The zero-order valence-corrected chi connectivity index (χ0v) is 13.6. The molecule has 0 aliphatic carbocycles. The van der Waals surface area contributed by atoms with Crippen molar-refractivity contribution in [2.24, 2.45) is 0 Å². The van der Waals surface area contributed by atoms with Gasteiger partial charge >= 0.3 is 0 Å². The Balaban J connectivity index is 1.64. The van der Waals surface area contributed by atoms with Gasteiger partial charge in [0.15, 0.2) is 0 Å². The van der Waals surface area contributed by atoms with Gasteiger partial charge in [-0.2, -0.15) is 0 Å². The molecule has 3 heteroatoms. The summed E-state index contributed by atoms with van der Waals surface area (Å²) in [5.41, 5.74) is 2.50. The zero-order chi connectivity index (χ0) is 14.9. The van der Waals surface area contributed by atoms with Crippen molar-refractivity contribution in [2.75, 3.05) is 6.54 Å². The predicted octanol–water partition coefficient (Wildman–Crippen LogP) is 4.94. The molecule has 2 nitrogen and oxygen atoms in total. The van der Waals surface area contributed by atoms with Gasteiger partial charge in [-0.1, -0.05) is 24.3 Å². The lowest BCUT2D eigenvalue weighted by Crippen LogP contribution is -2.22. The van der Waals surface area contributed by atoms with Crippen molar-refractivity contribution in [3.05, 3.63) is 64.0 Å². The Bertz CT molecular complexity index is 787. The highest BCUT2D eigenvalue weighted by atomic mass is 32.1. The Kier molecular flexibility index (Phi) is 3.68. The van der Waals surface area contributed by atoms with Crippen molar-refractivity contribution in [1.82, 2.24) is 9.88 Å². The summed E-state index contributed by atoms with van der Waals surface area (Å²) in [6.07, 6.45) is 4.47. The van der Waals surface area contributed by atoms with Gasteiger partial charge in [0, 0.05) is 33.9 Å². The topological polar surface area (TPSA) is 16.1 Å². The molecule has 3 aromatic rings. The van der Waals surface area contributed by atoms with Crippen molar-refractivity contribution >= 4 is 22.2 Å². The molecule has 1 aromatic carbocycles. The maximum atomic E-state index is 4.60. The molecule has 0 N–H and O–H groups in total. The number of aromatic nitrogens is 1. The summed E-state index contributed by atoms with van der Waals surface area (Å²) in [7, 11) is 0. The van der Waals surface area contributed by atoms with Crippen LogP contribution in [-0.2, 0) is 6.54 Å². The third kappa shape index (κ3) is 2.55. The van der Waals surface area contributed by atoms with E-state index in [0.717, 1.165) is 12.1 Å². The SMILES string of the molecule is Cc1ccc(C2CCCN2Cc2cccc3cccnc23)s1. The van der Waals surface area contributed by atoms with Crippen LogP contribution in [0.4, 0.5) is 0 Å². The molecule has 0 saturated carbocycles. The van der Waals surface area contributed by atoms with Gasteiger partial charge in [0.05, 0.1) is 5.52 Å². The van der Waals surface area contributed by atoms with Crippen molar-refractivity contribution in [2.45, 2.75) is 32.4 Å². The summed E-state index contributed by atoms with van der Waals surface area (Å²) >= 11 is 1.95. The summed E-state index contributed by atoms with van der Waals surface area (Å²) in [5.74, 6) is 0. The first-order valence-corrected chi connectivity index (χ1v) is 8.76. The second-order valence-corrected chi connectivity index (χ2v) is 7.39. The number of fused-ring (bicyclic) bond motifs is 1. The lowest BCUT2D eigenvalue weighted by atomic mass is 10.1. The highest BCUT2D eigenvalue weighted by molar-refractivity contribution is 7.12. The third-order valence-electron chi connectivity index (χ3n) is 4.54. The van der Waals surface area contributed by atoms with E-state index < -0.39 is 0 Å². The molecule has 2 aromatic heterocycles. The quantitative estimate of drug-likeness (QED) is 0.681. The first-order valence-electron chi connectivity index (χ1n) is 7.94. The molecule has 0 amide bonds. The van der Waals surface area contributed by atoms with E-state index in [1.54, 1.807) is 0 Å². The van der Waals surface area contributed by atoms with Crippen LogP contribution < -0.4 is 0 Å². The van der Waals surface area contributed by atoms with Gasteiger partial charge in [-0.25, -0.2) is 0 Å². The maximum absolute atomic E-state index is 4.60.